The fourth-order valence-electron chi connectivity index (χ4n) is 1.05. The second-order valence-corrected chi connectivity index (χ2v) is 3.24. The van der Waals surface area contributed by atoms with Crippen molar-refractivity contribution in [1.29, 1.82) is 0 Å². The quantitative estimate of drug-likeness (QED) is 0.543. The van der Waals surface area contributed by atoms with Gasteiger partial charge in [-0.05, 0) is 12.3 Å². The first-order valence-electron chi connectivity index (χ1n) is 3.69. The van der Waals surface area contributed by atoms with Gasteiger partial charge < -0.3 is 4.98 Å². The molecule has 0 spiro atoms. The lowest BCUT2D eigenvalue weighted by molar-refractivity contribution is 1.00. The SMILES string of the molecule is CSc1ncc2c(=O)[nH]ccc2n1. The van der Waals surface area contributed by atoms with E-state index in [1.54, 1.807) is 18.5 Å². The molecular weight excluding hydrogens is 186 g/mol. The van der Waals surface area contributed by atoms with Gasteiger partial charge >= 0.3 is 0 Å². The van der Waals surface area contributed by atoms with E-state index < -0.39 is 0 Å². The van der Waals surface area contributed by atoms with Crippen LogP contribution in [0, 0.1) is 0 Å². The first-order valence-corrected chi connectivity index (χ1v) is 4.92. The molecule has 0 aliphatic rings. The van der Waals surface area contributed by atoms with Crippen LogP contribution in [-0.2, 0) is 0 Å². The maximum absolute atomic E-state index is 11.2. The minimum atomic E-state index is -0.148. The van der Waals surface area contributed by atoms with Gasteiger partial charge in [0.15, 0.2) is 5.16 Å². The topological polar surface area (TPSA) is 58.6 Å². The Morgan fingerprint density at radius 3 is 3.15 bits per heavy atom. The fourth-order valence-corrected chi connectivity index (χ4v) is 1.40. The number of pyridine rings is 1. The number of nitrogens with zero attached hydrogens (tertiary/aromatic N) is 2. The van der Waals surface area contributed by atoms with Crippen molar-refractivity contribution in [3.05, 3.63) is 28.8 Å². The summed E-state index contributed by atoms with van der Waals surface area (Å²) in [5.41, 5.74) is 0.535. The molecule has 0 aliphatic heterocycles. The molecule has 5 heteroatoms. The zero-order valence-electron chi connectivity index (χ0n) is 6.94. The lowest BCUT2D eigenvalue weighted by Crippen LogP contribution is -2.05. The number of aromatic nitrogens is 3. The Balaban J connectivity index is 2.80. The summed E-state index contributed by atoms with van der Waals surface area (Å²) in [7, 11) is 0. The summed E-state index contributed by atoms with van der Waals surface area (Å²) in [6.07, 6.45) is 5.03. The first-order chi connectivity index (χ1) is 6.31. The molecule has 0 aromatic carbocycles. The summed E-state index contributed by atoms with van der Waals surface area (Å²) in [5.74, 6) is 0. The van der Waals surface area contributed by atoms with E-state index in [0.29, 0.717) is 16.1 Å². The predicted molar refractivity (Wildman–Crippen MR) is 51.9 cm³/mol. The minimum Gasteiger partial charge on any atom is -0.328 e. The number of hydrogen-bond acceptors (Lipinski definition) is 4. The summed E-state index contributed by atoms with van der Waals surface area (Å²) in [6.45, 7) is 0. The van der Waals surface area contributed by atoms with Crippen molar-refractivity contribution in [2.45, 2.75) is 5.16 Å². The third-order valence-electron chi connectivity index (χ3n) is 1.68. The van der Waals surface area contributed by atoms with E-state index in [2.05, 4.69) is 15.0 Å². The molecule has 0 bridgehead atoms. The van der Waals surface area contributed by atoms with Crippen LogP contribution in [0.4, 0.5) is 0 Å². The second-order valence-electron chi connectivity index (χ2n) is 2.46. The molecule has 2 rings (SSSR count). The fraction of sp³-hybridized carbons (Fsp3) is 0.125. The van der Waals surface area contributed by atoms with Gasteiger partial charge in [-0.1, -0.05) is 11.8 Å². The van der Waals surface area contributed by atoms with Crippen LogP contribution in [0.25, 0.3) is 10.9 Å². The van der Waals surface area contributed by atoms with Crippen LogP contribution in [0.3, 0.4) is 0 Å². The maximum atomic E-state index is 11.2. The minimum absolute atomic E-state index is 0.148. The van der Waals surface area contributed by atoms with Crippen molar-refractivity contribution in [2.24, 2.45) is 0 Å². The van der Waals surface area contributed by atoms with E-state index in [1.165, 1.54) is 11.8 Å². The Hall–Kier alpha value is -1.36. The highest BCUT2D eigenvalue weighted by atomic mass is 32.2. The van der Waals surface area contributed by atoms with E-state index in [1.807, 2.05) is 6.26 Å². The van der Waals surface area contributed by atoms with Gasteiger partial charge in [0, 0.05) is 12.4 Å². The molecule has 0 aliphatic carbocycles. The number of fused-ring (bicyclic) bond motifs is 1. The molecular formula is C8H7N3OS. The van der Waals surface area contributed by atoms with Crippen LogP contribution in [-0.4, -0.2) is 21.2 Å². The highest BCUT2D eigenvalue weighted by Gasteiger charge is 2.00. The summed E-state index contributed by atoms with van der Waals surface area (Å²) < 4.78 is 0. The van der Waals surface area contributed by atoms with Gasteiger partial charge in [0.1, 0.15) is 0 Å². The third kappa shape index (κ3) is 1.42. The van der Waals surface area contributed by atoms with Crippen LogP contribution < -0.4 is 5.56 Å². The third-order valence-corrected chi connectivity index (χ3v) is 2.24. The molecule has 0 amide bonds. The monoisotopic (exact) mass is 193 g/mol. The van der Waals surface area contributed by atoms with Crippen LogP contribution in [0.2, 0.25) is 0 Å². The number of aromatic amines is 1. The summed E-state index contributed by atoms with van der Waals surface area (Å²) in [6, 6.07) is 1.76. The summed E-state index contributed by atoms with van der Waals surface area (Å²) >= 11 is 1.46. The van der Waals surface area contributed by atoms with Crippen molar-refractivity contribution in [3.8, 4) is 0 Å². The Morgan fingerprint density at radius 2 is 2.38 bits per heavy atom. The van der Waals surface area contributed by atoms with Gasteiger partial charge in [0.25, 0.3) is 5.56 Å². The lowest BCUT2D eigenvalue weighted by atomic mass is 10.3. The highest BCUT2D eigenvalue weighted by Crippen LogP contribution is 2.11. The molecule has 0 unspecified atom stereocenters. The van der Waals surface area contributed by atoms with Gasteiger partial charge in [-0.25, -0.2) is 9.97 Å². The van der Waals surface area contributed by atoms with Crippen LogP contribution in [0.1, 0.15) is 0 Å². The summed E-state index contributed by atoms with van der Waals surface area (Å²) in [5, 5.41) is 1.21. The van der Waals surface area contributed by atoms with Gasteiger partial charge in [0.2, 0.25) is 0 Å². The van der Waals surface area contributed by atoms with E-state index in [-0.39, 0.29) is 5.56 Å². The van der Waals surface area contributed by atoms with Crippen LogP contribution in [0.5, 0.6) is 0 Å². The average Bonchev–Trinajstić information content (AvgIpc) is 2.18. The molecule has 0 fully saturated rings. The molecule has 66 valence electrons. The number of thioether (sulfide) groups is 1. The van der Waals surface area contributed by atoms with Crippen molar-refractivity contribution in [2.75, 3.05) is 6.26 Å². The number of rotatable bonds is 1. The van der Waals surface area contributed by atoms with E-state index in [0.717, 1.165) is 0 Å². The highest BCUT2D eigenvalue weighted by molar-refractivity contribution is 7.98. The molecule has 1 N–H and O–H groups in total. The predicted octanol–water partition coefficient (Wildman–Crippen LogP) is 1.04. The Morgan fingerprint density at radius 1 is 1.54 bits per heavy atom. The largest absolute Gasteiger partial charge is 0.328 e. The molecule has 0 saturated carbocycles. The van der Waals surface area contributed by atoms with Gasteiger partial charge in [-0.2, -0.15) is 0 Å². The van der Waals surface area contributed by atoms with Gasteiger partial charge in [-0.15, -0.1) is 0 Å². The first kappa shape index (κ1) is 8.25. The average molecular weight is 193 g/mol. The van der Waals surface area contributed by atoms with Crippen molar-refractivity contribution >= 4 is 22.7 Å². The lowest BCUT2D eigenvalue weighted by Gasteiger charge is -1.96. The normalized spacial score (nSPS) is 10.5. The number of hydrogen-bond donors (Lipinski definition) is 1. The van der Waals surface area contributed by atoms with E-state index in [9.17, 15) is 4.79 Å². The van der Waals surface area contributed by atoms with Gasteiger partial charge in [0.05, 0.1) is 10.9 Å². The molecule has 4 nitrogen and oxygen atoms in total. The molecule has 2 aromatic rings. The zero-order valence-corrected chi connectivity index (χ0v) is 7.76. The van der Waals surface area contributed by atoms with Gasteiger partial charge in [-0.3, -0.25) is 4.79 Å². The smallest absolute Gasteiger partial charge is 0.258 e. The van der Waals surface area contributed by atoms with Crippen LogP contribution >= 0.6 is 11.8 Å². The van der Waals surface area contributed by atoms with Crippen molar-refractivity contribution in [3.63, 3.8) is 0 Å². The Labute approximate surface area is 78.4 Å². The zero-order chi connectivity index (χ0) is 9.26. The number of H-pyrrole nitrogens is 1. The number of nitrogens with one attached hydrogen (secondary N) is 1. The Bertz CT molecular complexity index is 494. The van der Waals surface area contributed by atoms with E-state index >= 15 is 0 Å². The Kier molecular flexibility index (Phi) is 2.02. The van der Waals surface area contributed by atoms with Crippen molar-refractivity contribution in [1.82, 2.24) is 15.0 Å². The molecule has 2 aromatic heterocycles. The molecule has 0 atom stereocenters. The maximum Gasteiger partial charge on any atom is 0.258 e. The van der Waals surface area contributed by atoms with Crippen molar-refractivity contribution < 1.29 is 0 Å². The molecule has 13 heavy (non-hydrogen) atoms. The van der Waals surface area contributed by atoms with Crippen LogP contribution in [0.15, 0.2) is 28.4 Å². The second kappa shape index (κ2) is 3.18. The summed E-state index contributed by atoms with van der Waals surface area (Å²) in [4.78, 5) is 22.0. The molecule has 0 saturated heterocycles. The molecule has 0 radical (unpaired) electrons. The standard InChI is InChI=1S/C8H7N3OS/c1-13-8-10-4-5-6(11-8)2-3-9-7(5)12/h2-4H,1H3,(H,9,12). The molecule has 2 heterocycles. The van der Waals surface area contributed by atoms with E-state index in [4.69, 9.17) is 0 Å².